The minimum atomic E-state index is -0.189. The van der Waals surface area contributed by atoms with Gasteiger partial charge in [-0.3, -0.25) is 22.3 Å². The maximum atomic E-state index is 9.42. The first kappa shape index (κ1) is 9.85. The van der Waals surface area contributed by atoms with Crippen LogP contribution in [0.1, 0.15) is 11.1 Å². The van der Waals surface area contributed by atoms with Crippen LogP contribution in [0.25, 0.3) is 0 Å². The molecule has 0 saturated carbocycles. The summed E-state index contributed by atoms with van der Waals surface area (Å²) in [6.45, 7) is 0. The van der Waals surface area contributed by atoms with E-state index in [-0.39, 0.29) is 34.3 Å². The molecule has 6 nitrogen and oxygen atoms in total. The predicted molar refractivity (Wildman–Crippen MR) is 50.2 cm³/mol. The lowest BCUT2D eigenvalue weighted by atomic mass is 10.0. The molecule has 0 radical (unpaired) electrons. The van der Waals surface area contributed by atoms with E-state index in [1.54, 1.807) is 0 Å². The molecule has 0 unspecified atom stereocenters. The zero-order valence-corrected chi connectivity index (χ0v) is 7.36. The van der Waals surface area contributed by atoms with Crippen molar-refractivity contribution in [2.45, 2.75) is 0 Å². The van der Waals surface area contributed by atoms with E-state index in [0.717, 1.165) is 0 Å². The van der Waals surface area contributed by atoms with Crippen LogP contribution in [-0.4, -0.2) is 21.9 Å². The van der Waals surface area contributed by atoms with Crippen LogP contribution in [0, 0.1) is 0 Å². The summed E-state index contributed by atoms with van der Waals surface area (Å²) in [5, 5.41) is 29.5. The van der Waals surface area contributed by atoms with E-state index < -0.39 is 0 Å². The zero-order valence-electron chi connectivity index (χ0n) is 7.36. The fourth-order valence-corrected chi connectivity index (χ4v) is 1.17. The average molecular weight is 196 g/mol. The van der Waals surface area contributed by atoms with Gasteiger partial charge in [0, 0.05) is 0 Å². The van der Waals surface area contributed by atoms with E-state index in [1.165, 1.54) is 12.1 Å². The molecule has 74 valence electrons. The SMILES string of the molecule is NC(=[NH2+])c1c(O)ccc(O)c1C(N)=[NH2+]. The number of hydrogen-bond donors (Lipinski definition) is 6. The summed E-state index contributed by atoms with van der Waals surface area (Å²) in [5.41, 5.74) is 10.7. The molecule has 0 bridgehead atoms. The van der Waals surface area contributed by atoms with Crippen molar-refractivity contribution in [1.29, 1.82) is 0 Å². The standard InChI is InChI=1S/C8H10N4O2/c9-7(10)5-3(13)1-2-4(14)6(5)8(11)12/h1-2,13-14H,(H3,9,10)(H3,11,12)/p+2. The second-order valence-corrected chi connectivity index (χ2v) is 2.76. The zero-order chi connectivity index (χ0) is 10.9. The third kappa shape index (κ3) is 1.45. The summed E-state index contributed by atoms with van der Waals surface area (Å²) in [4.78, 5) is 0. The molecule has 10 N–H and O–H groups in total. The molecule has 6 heteroatoms. The van der Waals surface area contributed by atoms with Gasteiger partial charge in [-0.05, 0) is 12.1 Å². The Morgan fingerprint density at radius 2 is 1.21 bits per heavy atom. The lowest BCUT2D eigenvalue weighted by molar-refractivity contribution is -0.117. The Morgan fingerprint density at radius 3 is 1.43 bits per heavy atom. The highest BCUT2D eigenvalue weighted by atomic mass is 16.3. The molecule has 0 aliphatic rings. The third-order valence-corrected chi connectivity index (χ3v) is 1.74. The molecular formula is C8H12N4O2+2. The number of benzene rings is 1. The van der Waals surface area contributed by atoms with Crippen molar-refractivity contribution in [3.63, 3.8) is 0 Å². The van der Waals surface area contributed by atoms with Gasteiger partial charge in [0.1, 0.15) is 22.6 Å². The molecule has 0 atom stereocenters. The highest BCUT2D eigenvalue weighted by Crippen LogP contribution is 2.26. The molecule has 0 aromatic heterocycles. The molecule has 1 aromatic rings. The molecule has 0 fully saturated rings. The van der Waals surface area contributed by atoms with E-state index >= 15 is 0 Å². The molecule has 0 spiro atoms. The first-order valence-electron chi connectivity index (χ1n) is 3.76. The number of phenols is 2. The van der Waals surface area contributed by atoms with Crippen molar-refractivity contribution < 1.29 is 21.0 Å². The first-order valence-corrected chi connectivity index (χ1v) is 3.76. The van der Waals surface area contributed by atoms with Gasteiger partial charge in [0.25, 0.3) is 11.7 Å². The number of hydrogen-bond acceptors (Lipinski definition) is 2. The summed E-state index contributed by atoms with van der Waals surface area (Å²) in [6, 6.07) is 2.49. The van der Waals surface area contributed by atoms with Crippen molar-refractivity contribution in [3.8, 4) is 11.5 Å². The number of rotatable bonds is 2. The highest BCUT2D eigenvalue weighted by Gasteiger charge is 2.23. The Hall–Kier alpha value is -2.24. The van der Waals surface area contributed by atoms with Crippen LogP contribution in [-0.2, 0) is 0 Å². The highest BCUT2D eigenvalue weighted by molar-refractivity contribution is 6.09. The molecule has 0 aliphatic carbocycles. The van der Waals surface area contributed by atoms with Crippen molar-refractivity contribution >= 4 is 11.7 Å². The Balaban J connectivity index is 3.58. The normalized spacial score (nSPS) is 9.71. The topological polar surface area (TPSA) is 144 Å². The lowest BCUT2D eigenvalue weighted by Gasteiger charge is -2.05. The number of amidine groups is 2. The van der Waals surface area contributed by atoms with Crippen molar-refractivity contribution in [2.75, 3.05) is 0 Å². The number of aromatic hydroxyl groups is 2. The van der Waals surface area contributed by atoms with E-state index in [1.807, 2.05) is 0 Å². The summed E-state index contributed by atoms with van der Waals surface area (Å²) in [6.07, 6.45) is 0. The van der Waals surface area contributed by atoms with Crippen LogP contribution in [0.4, 0.5) is 0 Å². The minimum absolute atomic E-state index is 0.0463. The van der Waals surface area contributed by atoms with Gasteiger partial charge in [-0.2, -0.15) is 0 Å². The van der Waals surface area contributed by atoms with Crippen molar-refractivity contribution in [3.05, 3.63) is 23.3 Å². The van der Waals surface area contributed by atoms with Gasteiger partial charge in [0.05, 0.1) is 0 Å². The molecule has 0 aliphatic heterocycles. The maximum Gasteiger partial charge on any atom is 0.275 e. The van der Waals surface area contributed by atoms with Gasteiger partial charge >= 0.3 is 0 Å². The van der Waals surface area contributed by atoms with Crippen LogP contribution in [0.2, 0.25) is 0 Å². The van der Waals surface area contributed by atoms with Crippen LogP contribution in [0.15, 0.2) is 12.1 Å². The minimum Gasteiger partial charge on any atom is -0.507 e. The second-order valence-electron chi connectivity index (χ2n) is 2.76. The van der Waals surface area contributed by atoms with Crippen LogP contribution in [0.5, 0.6) is 11.5 Å². The van der Waals surface area contributed by atoms with Crippen LogP contribution >= 0.6 is 0 Å². The third-order valence-electron chi connectivity index (χ3n) is 1.74. The summed E-state index contributed by atoms with van der Waals surface area (Å²) >= 11 is 0. The van der Waals surface area contributed by atoms with Crippen LogP contribution < -0.4 is 22.3 Å². The summed E-state index contributed by atoms with van der Waals surface area (Å²) in [7, 11) is 0. The van der Waals surface area contributed by atoms with E-state index in [0.29, 0.717) is 0 Å². The smallest absolute Gasteiger partial charge is 0.275 e. The molecule has 1 aromatic carbocycles. The van der Waals surface area contributed by atoms with Crippen molar-refractivity contribution in [1.82, 2.24) is 0 Å². The van der Waals surface area contributed by atoms with Crippen LogP contribution in [0.3, 0.4) is 0 Å². The predicted octanol–water partition coefficient (Wildman–Crippen LogP) is -3.97. The second kappa shape index (κ2) is 3.25. The Bertz CT molecular complexity index is 375. The van der Waals surface area contributed by atoms with Gasteiger partial charge in [-0.15, -0.1) is 0 Å². The molecule has 0 heterocycles. The monoisotopic (exact) mass is 196 g/mol. The Morgan fingerprint density at radius 1 is 0.929 bits per heavy atom. The van der Waals surface area contributed by atoms with E-state index in [9.17, 15) is 10.2 Å². The number of phenolic OH excluding ortho intramolecular Hbond substituents is 2. The maximum absolute atomic E-state index is 9.42. The van der Waals surface area contributed by atoms with Crippen molar-refractivity contribution in [2.24, 2.45) is 11.5 Å². The Labute approximate surface area is 79.8 Å². The van der Waals surface area contributed by atoms with Gasteiger partial charge in [0.2, 0.25) is 0 Å². The van der Waals surface area contributed by atoms with E-state index in [4.69, 9.17) is 22.3 Å². The molecular weight excluding hydrogens is 184 g/mol. The molecule has 14 heavy (non-hydrogen) atoms. The van der Waals surface area contributed by atoms with Gasteiger partial charge in [0.15, 0.2) is 0 Å². The fraction of sp³-hybridized carbons (Fsp3) is 0. The molecule has 0 saturated heterocycles. The van der Waals surface area contributed by atoms with E-state index in [2.05, 4.69) is 0 Å². The van der Waals surface area contributed by atoms with Gasteiger partial charge in [-0.25, -0.2) is 0 Å². The largest absolute Gasteiger partial charge is 0.507 e. The first-order chi connectivity index (χ1) is 6.45. The lowest BCUT2D eigenvalue weighted by Crippen LogP contribution is -2.50. The van der Waals surface area contributed by atoms with Gasteiger partial charge < -0.3 is 10.2 Å². The number of nitrogens with two attached hydrogens (primary N) is 4. The fourth-order valence-electron chi connectivity index (χ4n) is 1.17. The summed E-state index contributed by atoms with van der Waals surface area (Å²) in [5.74, 6) is -0.707. The molecule has 1 rings (SSSR count). The summed E-state index contributed by atoms with van der Waals surface area (Å²) < 4.78 is 0. The average Bonchev–Trinajstić information content (AvgIpc) is 2.07. The quantitative estimate of drug-likeness (QED) is 0.163. The molecule has 0 amide bonds. The Kier molecular flexibility index (Phi) is 2.29. The van der Waals surface area contributed by atoms with Gasteiger partial charge in [-0.1, -0.05) is 0 Å².